The number of amides is 1. The van der Waals surface area contributed by atoms with E-state index in [2.05, 4.69) is 15.0 Å². The highest BCUT2D eigenvalue weighted by atomic mass is 32.2. The quantitative estimate of drug-likeness (QED) is 0.446. The normalized spacial score (nSPS) is 13.8. The fraction of sp³-hybridized carbons (Fsp3) is 0.269. The van der Waals surface area contributed by atoms with E-state index in [1.807, 2.05) is 31.2 Å². The second kappa shape index (κ2) is 9.02. The van der Waals surface area contributed by atoms with Crippen molar-refractivity contribution >= 4 is 26.9 Å². The first-order chi connectivity index (χ1) is 17.2. The minimum atomic E-state index is -3.75. The summed E-state index contributed by atoms with van der Waals surface area (Å²) in [6.45, 7) is 4.42. The van der Waals surface area contributed by atoms with Gasteiger partial charge in [-0.05, 0) is 49.2 Å². The average molecular weight is 509 g/mol. The lowest BCUT2D eigenvalue weighted by molar-refractivity contribution is 0.0731. The van der Waals surface area contributed by atoms with Crippen LogP contribution in [-0.4, -0.2) is 53.6 Å². The van der Waals surface area contributed by atoms with Crippen molar-refractivity contribution < 1.29 is 22.3 Å². The van der Waals surface area contributed by atoms with Gasteiger partial charge in [0.2, 0.25) is 0 Å². The number of H-pyrrole nitrogens is 1. The first-order valence-electron chi connectivity index (χ1n) is 11.5. The number of rotatable bonds is 4. The second-order valence-corrected chi connectivity index (χ2v) is 10.8. The summed E-state index contributed by atoms with van der Waals surface area (Å²) >= 11 is 0. The van der Waals surface area contributed by atoms with Crippen LogP contribution in [0.25, 0.3) is 22.3 Å². The largest absolute Gasteiger partial charge is 0.491 e. The maximum atomic E-state index is 15.0. The number of carbonyl (C=O) groups excluding carboxylic acids is 1. The smallest absolute Gasteiger partial charge is 0.254 e. The summed E-state index contributed by atoms with van der Waals surface area (Å²) in [6.07, 6.45) is 2.89. The second-order valence-electron chi connectivity index (χ2n) is 8.84. The molecule has 36 heavy (non-hydrogen) atoms. The van der Waals surface area contributed by atoms with Crippen LogP contribution in [0.15, 0.2) is 47.5 Å². The third-order valence-corrected chi connectivity index (χ3v) is 7.42. The van der Waals surface area contributed by atoms with Crippen LogP contribution in [0.4, 0.5) is 4.39 Å². The minimum Gasteiger partial charge on any atom is -0.491 e. The third-order valence-electron chi connectivity index (χ3n) is 6.31. The molecule has 1 aliphatic heterocycles. The van der Waals surface area contributed by atoms with Crippen molar-refractivity contribution in [2.24, 2.45) is 0 Å². The summed E-state index contributed by atoms with van der Waals surface area (Å²) in [5.41, 5.74) is 4.34. The Morgan fingerprint density at radius 3 is 2.75 bits per heavy atom. The Bertz CT molecular complexity index is 1610. The van der Waals surface area contributed by atoms with Gasteiger partial charge in [-0.3, -0.25) is 4.79 Å². The van der Waals surface area contributed by atoms with Gasteiger partial charge in [0.05, 0.1) is 12.1 Å². The summed E-state index contributed by atoms with van der Waals surface area (Å²) in [5, 5.41) is 0. The van der Waals surface area contributed by atoms with Gasteiger partial charge in [-0.2, -0.15) is 0 Å². The molecule has 2 aromatic carbocycles. The van der Waals surface area contributed by atoms with Gasteiger partial charge in [0, 0.05) is 41.3 Å². The van der Waals surface area contributed by atoms with Gasteiger partial charge in [0.15, 0.2) is 15.5 Å². The zero-order chi connectivity index (χ0) is 25.6. The Morgan fingerprint density at radius 2 is 2.00 bits per heavy atom. The maximum absolute atomic E-state index is 15.0. The van der Waals surface area contributed by atoms with Gasteiger partial charge < -0.3 is 14.6 Å². The Morgan fingerprint density at radius 1 is 1.19 bits per heavy atom. The minimum absolute atomic E-state index is 0.0938. The molecule has 4 aromatic rings. The fourth-order valence-corrected chi connectivity index (χ4v) is 5.29. The zero-order valence-electron chi connectivity index (χ0n) is 20.1. The monoisotopic (exact) mass is 508 g/mol. The van der Waals surface area contributed by atoms with Crippen molar-refractivity contribution in [3.63, 3.8) is 0 Å². The van der Waals surface area contributed by atoms with E-state index in [-0.39, 0.29) is 36.6 Å². The standard InChI is InChI=1S/C26H25FN4O4S/c1-4-19-20(6-8-23(24(19)27)36(3,33)34)26(32)31-9-10-35-22-7-5-16(11-18(22)14-31)17-12-21-25(28-13-17)30-15(2)29-21/h5-8,11-13H,4,9-10,14H2,1-3H3,(H,28,29,30). The van der Waals surface area contributed by atoms with Crippen LogP contribution < -0.4 is 4.74 Å². The number of imidazole rings is 1. The van der Waals surface area contributed by atoms with Crippen LogP contribution in [0, 0.1) is 12.7 Å². The van der Waals surface area contributed by atoms with Crippen LogP contribution in [0.5, 0.6) is 5.75 Å². The Labute approximate surface area is 208 Å². The van der Waals surface area contributed by atoms with Crippen molar-refractivity contribution in [3.8, 4) is 16.9 Å². The molecule has 2 aromatic heterocycles. The van der Waals surface area contributed by atoms with E-state index < -0.39 is 20.5 Å². The number of fused-ring (bicyclic) bond motifs is 2. The van der Waals surface area contributed by atoms with Crippen molar-refractivity contribution in [3.05, 3.63) is 70.9 Å². The molecule has 0 aliphatic carbocycles. The highest BCUT2D eigenvalue weighted by Crippen LogP contribution is 2.31. The molecule has 8 nitrogen and oxygen atoms in total. The summed E-state index contributed by atoms with van der Waals surface area (Å²) in [5.74, 6) is 0.224. The molecule has 1 amide bonds. The molecule has 186 valence electrons. The molecule has 0 fully saturated rings. The molecule has 0 saturated heterocycles. The zero-order valence-corrected chi connectivity index (χ0v) is 20.9. The summed E-state index contributed by atoms with van der Waals surface area (Å²) in [7, 11) is -3.75. The molecule has 0 saturated carbocycles. The van der Waals surface area contributed by atoms with Crippen LogP contribution in [0.2, 0.25) is 0 Å². The third kappa shape index (κ3) is 4.32. The summed E-state index contributed by atoms with van der Waals surface area (Å²) in [6, 6.07) is 10.3. The van der Waals surface area contributed by atoms with Crippen LogP contribution in [-0.2, 0) is 22.8 Å². The molecule has 5 rings (SSSR count). The lowest BCUT2D eigenvalue weighted by atomic mass is 10.0. The molecule has 0 spiro atoms. The van der Waals surface area contributed by atoms with E-state index in [9.17, 15) is 13.2 Å². The van der Waals surface area contributed by atoms with Gasteiger partial charge in [-0.15, -0.1) is 0 Å². The topological polar surface area (TPSA) is 105 Å². The van der Waals surface area contributed by atoms with E-state index in [1.165, 1.54) is 6.07 Å². The number of nitrogens with one attached hydrogen (secondary N) is 1. The molecule has 0 atom stereocenters. The Balaban J connectivity index is 1.48. The molecule has 1 N–H and O–H groups in total. The number of halogens is 1. The van der Waals surface area contributed by atoms with Gasteiger partial charge in [-0.25, -0.2) is 22.8 Å². The number of sulfone groups is 1. The van der Waals surface area contributed by atoms with Gasteiger partial charge in [-0.1, -0.05) is 13.0 Å². The number of benzene rings is 2. The van der Waals surface area contributed by atoms with Gasteiger partial charge in [0.25, 0.3) is 5.91 Å². The number of hydrogen-bond donors (Lipinski definition) is 1. The number of pyridine rings is 1. The van der Waals surface area contributed by atoms with E-state index in [0.717, 1.165) is 40.4 Å². The van der Waals surface area contributed by atoms with Crippen molar-refractivity contribution in [1.29, 1.82) is 0 Å². The number of hydrogen-bond acceptors (Lipinski definition) is 6. The van der Waals surface area contributed by atoms with Crippen molar-refractivity contribution in [2.75, 3.05) is 19.4 Å². The van der Waals surface area contributed by atoms with Gasteiger partial charge in [0.1, 0.15) is 28.9 Å². The van der Waals surface area contributed by atoms with E-state index in [4.69, 9.17) is 4.74 Å². The summed E-state index contributed by atoms with van der Waals surface area (Å²) < 4.78 is 44.8. The maximum Gasteiger partial charge on any atom is 0.254 e. The van der Waals surface area contributed by atoms with Crippen LogP contribution >= 0.6 is 0 Å². The lowest BCUT2D eigenvalue weighted by Crippen LogP contribution is -2.33. The van der Waals surface area contributed by atoms with E-state index >= 15 is 4.39 Å². The Hall–Kier alpha value is -3.79. The first-order valence-corrected chi connectivity index (χ1v) is 13.4. The van der Waals surface area contributed by atoms with E-state index in [1.54, 1.807) is 18.0 Å². The van der Waals surface area contributed by atoms with Crippen molar-refractivity contribution in [1.82, 2.24) is 19.9 Å². The number of carbonyl (C=O) groups is 1. The molecule has 0 bridgehead atoms. The number of aromatic amines is 1. The number of aryl methyl sites for hydroxylation is 1. The highest BCUT2D eigenvalue weighted by Gasteiger charge is 2.27. The molecule has 3 heterocycles. The van der Waals surface area contributed by atoms with Crippen LogP contribution in [0.3, 0.4) is 0 Å². The fourth-order valence-electron chi connectivity index (χ4n) is 4.53. The Kier molecular flexibility index (Phi) is 5.99. The SMILES string of the molecule is CCc1c(C(=O)N2CCOc3ccc(-c4cnc5nc(C)[nH]c5c4)cc3C2)ccc(S(C)(=O)=O)c1F. The summed E-state index contributed by atoms with van der Waals surface area (Å²) in [4.78, 5) is 26.6. The van der Waals surface area contributed by atoms with Crippen LogP contribution in [0.1, 0.15) is 34.2 Å². The molecule has 0 radical (unpaired) electrons. The van der Waals surface area contributed by atoms with E-state index in [0.29, 0.717) is 17.9 Å². The predicted octanol–water partition coefficient (Wildman–Crippen LogP) is 4.07. The molecule has 1 aliphatic rings. The van der Waals surface area contributed by atoms with Crippen molar-refractivity contribution in [2.45, 2.75) is 31.7 Å². The first kappa shape index (κ1) is 23.9. The lowest BCUT2D eigenvalue weighted by Gasteiger charge is -2.22. The number of nitrogens with zero attached hydrogens (tertiary/aromatic N) is 3. The molecular weight excluding hydrogens is 483 g/mol. The predicted molar refractivity (Wildman–Crippen MR) is 133 cm³/mol. The number of ether oxygens (including phenoxy) is 1. The molecular formula is C26H25FN4O4S. The molecule has 0 unspecified atom stereocenters. The number of aromatic nitrogens is 3. The van der Waals surface area contributed by atoms with Gasteiger partial charge >= 0.3 is 0 Å². The average Bonchev–Trinajstić information content (AvgIpc) is 3.08. The highest BCUT2D eigenvalue weighted by molar-refractivity contribution is 7.90. The molecule has 10 heteroatoms.